The molecule has 0 fully saturated rings. The topological polar surface area (TPSA) is 57.6 Å². The zero-order valence-electron chi connectivity index (χ0n) is 11.1. The van der Waals surface area contributed by atoms with Gasteiger partial charge in [0.05, 0.1) is 5.69 Å². The molecule has 0 saturated carbocycles. The molecule has 4 heteroatoms. The number of Topliss-reactive ketones (excluding diaryl/α,β-unsaturated/α-hetero) is 1. The van der Waals surface area contributed by atoms with Crippen LogP contribution in [-0.4, -0.2) is 23.3 Å². The molecule has 1 atom stereocenters. The van der Waals surface area contributed by atoms with E-state index in [1.54, 1.807) is 18.2 Å². The Morgan fingerprint density at radius 1 is 1.53 bits per heavy atom. The van der Waals surface area contributed by atoms with Crippen LogP contribution in [0.2, 0.25) is 0 Å². The molecule has 0 aliphatic carbocycles. The Morgan fingerprint density at radius 2 is 2.21 bits per heavy atom. The third kappa shape index (κ3) is 1.98. The number of anilines is 1. The lowest BCUT2D eigenvalue weighted by Crippen LogP contribution is -2.41. The maximum Gasteiger partial charge on any atom is 0.264 e. The number of amides is 1. The zero-order valence-corrected chi connectivity index (χ0v) is 11.1. The lowest BCUT2D eigenvalue weighted by atomic mass is 9.89. The van der Waals surface area contributed by atoms with Crippen molar-refractivity contribution in [3.63, 3.8) is 0 Å². The summed E-state index contributed by atoms with van der Waals surface area (Å²) in [6.45, 7) is 7.19. The highest BCUT2D eigenvalue weighted by Crippen LogP contribution is 2.44. The second-order valence-corrected chi connectivity index (χ2v) is 4.91. The van der Waals surface area contributed by atoms with Crippen LogP contribution in [0, 0.1) is 6.92 Å². The number of carbonyl (C=O) groups is 2. The molecule has 1 N–H and O–H groups in total. The summed E-state index contributed by atoms with van der Waals surface area (Å²) in [5.41, 5.74) is 0.355. The third-order valence-corrected chi connectivity index (χ3v) is 3.37. The van der Waals surface area contributed by atoms with Crippen molar-refractivity contribution in [1.29, 1.82) is 0 Å². The molecule has 0 radical (unpaired) electrons. The minimum Gasteiger partial charge on any atom is -0.375 e. The van der Waals surface area contributed by atoms with E-state index in [0.717, 1.165) is 5.56 Å². The summed E-state index contributed by atoms with van der Waals surface area (Å²) in [6, 6.07) is 5.36. The predicted molar refractivity (Wildman–Crippen MR) is 72.9 cm³/mol. The monoisotopic (exact) mass is 259 g/mol. The summed E-state index contributed by atoms with van der Waals surface area (Å²) in [7, 11) is 0. The predicted octanol–water partition coefficient (Wildman–Crippen LogP) is 1.69. The number of ketones is 1. The van der Waals surface area contributed by atoms with Crippen LogP contribution >= 0.6 is 0 Å². The fourth-order valence-electron chi connectivity index (χ4n) is 2.63. The van der Waals surface area contributed by atoms with Crippen LogP contribution in [0.1, 0.15) is 24.5 Å². The number of aryl methyl sites for hydroxylation is 1. The third-order valence-electron chi connectivity index (χ3n) is 3.37. The summed E-state index contributed by atoms with van der Waals surface area (Å²) in [6.07, 6.45) is 1.41. The van der Waals surface area contributed by atoms with Gasteiger partial charge in [0.2, 0.25) is 0 Å². The molecule has 1 aromatic rings. The molecule has 1 aliphatic heterocycles. The normalized spacial score (nSPS) is 21.4. The van der Waals surface area contributed by atoms with E-state index in [0.29, 0.717) is 17.8 Å². The van der Waals surface area contributed by atoms with Gasteiger partial charge in [-0.25, -0.2) is 0 Å². The zero-order chi connectivity index (χ0) is 14.2. The van der Waals surface area contributed by atoms with Crippen molar-refractivity contribution in [3.8, 4) is 0 Å². The van der Waals surface area contributed by atoms with E-state index in [4.69, 9.17) is 0 Å². The average Bonchev–Trinajstić information content (AvgIpc) is 2.53. The van der Waals surface area contributed by atoms with Gasteiger partial charge in [-0.1, -0.05) is 24.3 Å². The van der Waals surface area contributed by atoms with Crippen LogP contribution in [-0.2, 0) is 15.2 Å². The minimum absolute atomic E-state index is 0.198. The number of hydrogen-bond acceptors (Lipinski definition) is 3. The SMILES string of the molecule is C=CCN1C(=O)C(O)(CC(C)=O)c2cccc(C)c21. The van der Waals surface area contributed by atoms with Crippen molar-refractivity contribution >= 4 is 17.4 Å². The maximum atomic E-state index is 12.4. The maximum absolute atomic E-state index is 12.4. The quantitative estimate of drug-likeness (QED) is 0.837. The summed E-state index contributed by atoms with van der Waals surface area (Å²) in [5, 5.41) is 10.7. The molecule has 1 aliphatic rings. The molecule has 2 rings (SSSR count). The van der Waals surface area contributed by atoms with Gasteiger partial charge in [0.25, 0.3) is 5.91 Å². The van der Waals surface area contributed by atoms with Crippen molar-refractivity contribution in [3.05, 3.63) is 42.0 Å². The number of aliphatic hydroxyl groups is 1. The summed E-state index contributed by atoms with van der Waals surface area (Å²) in [5.74, 6) is -0.671. The van der Waals surface area contributed by atoms with E-state index in [9.17, 15) is 14.7 Å². The number of rotatable bonds is 4. The molecule has 1 amide bonds. The first-order valence-electron chi connectivity index (χ1n) is 6.16. The van der Waals surface area contributed by atoms with E-state index < -0.39 is 11.5 Å². The fraction of sp³-hybridized carbons (Fsp3) is 0.333. The molecule has 1 heterocycles. The smallest absolute Gasteiger partial charge is 0.264 e. The fourth-order valence-corrected chi connectivity index (χ4v) is 2.63. The molecule has 0 spiro atoms. The summed E-state index contributed by atoms with van der Waals surface area (Å²) < 4.78 is 0. The first-order chi connectivity index (χ1) is 8.91. The van der Waals surface area contributed by atoms with E-state index in [-0.39, 0.29) is 12.2 Å². The molecule has 0 saturated heterocycles. The molecule has 0 bridgehead atoms. The van der Waals surface area contributed by atoms with Crippen molar-refractivity contribution in [2.75, 3.05) is 11.4 Å². The number of hydrogen-bond donors (Lipinski definition) is 1. The highest BCUT2D eigenvalue weighted by molar-refractivity contribution is 6.09. The van der Waals surface area contributed by atoms with E-state index >= 15 is 0 Å². The van der Waals surface area contributed by atoms with E-state index in [2.05, 4.69) is 6.58 Å². The van der Waals surface area contributed by atoms with E-state index in [1.807, 2.05) is 13.0 Å². The molecule has 4 nitrogen and oxygen atoms in total. The molecule has 0 aromatic heterocycles. The Kier molecular flexibility index (Phi) is 3.28. The van der Waals surface area contributed by atoms with Gasteiger partial charge in [-0.2, -0.15) is 0 Å². The molecule has 100 valence electrons. The van der Waals surface area contributed by atoms with Crippen LogP contribution in [0.5, 0.6) is 0 Å². The number of nitrogens with zero attached hydrogens (tertiary/aromatic N) is 1. The van der Waals surface area contributed by atoms with Crippen LogP contribution in [0.25, 0.3) is 0 Å². The summed E-state index contributed by atoms with van der Waals surface area (Å²) >= 11 is 0. The molecular formula is C15H17NO3. The molecule has 1 aromatic carbocycles. The number of benzene rings is 1. The lowest BCUT2D eigenvalue weighted by molar-refractivity contribution is -0.141. The van der Waals surface area contributed by atoms with Crippen molar-refractivity contribution in [2.45, 2.75) is 25.9 Å². The number of fused-ring (bicyclic) bond motifs is 1. The van der Waals surface area contributed by atoms with Gasteiger partial charge in [-0.05, 0) is 19.4 Å². The van der Waals surface area contributed by atoms with Gasteiger partial charge in [-0.3, -0.25) is 9.59 Å². The van der Waals surface area contributed by atoms with E-state index in [1.165, 1.54) is 11.8 Å². The Bertz CT molecular complexity index is 565. The minimum atomic E-state index is -1.74. The Labute approximate surface area is 112 Å². The Hall–Kier alpha value is -1.94. The van der Waals surface area contributed by atoms with Gasteiger partial charge in [0.1, 0.15) is 5.78 Å². The van der Waals surface area contributed by atoms with Gasteiger partial charge in [0, 0.05) is 18.5 Å². The molecule has 1 unspecified atom stereocenters. The van der Waals surface area contributed by atoms with Gasteiger partial charge in [0.15, 0.2) is 5.60 Å². The first kappa shape index (κ1) is 13.5. The van der Waals surface area contributed by atoms with Gasteiger partial charge < -0.3 is 10.0 Å². The highest BCUT2D eigenvalue weighted by atomic mass is 16.3. The van der Waals surface area contributed by atoms with Gasteiger partial charge in [-0.15, -0.1) is 6.58 Å². The standard InChI is InChI=1S/C15H17NO3/c1-4-8-16-13-10(2)6-5-7-12(13)15(19,14(16)18)9-11(3)17/h4-7,19H,1,8-9H2,2-3H3. The van der Waals surface area contributed by atoms with Crippen LogP contribution in [0.4, 0.5) is 5.69 Å². The van der Waals surface area contributed by atoms with Crippen LogP contribution < -0.4 is 4.90 Å². The summed E-state index contributed by atoms with van der Waals surface area (Å²) in [4.78, 5) is 25.3. The second kappa shape index (κ2) is 4.63. The van der Waals surface area contributed by atoms with Crippen LogP contribution in [0.3, 0.4) is 0 Å². The Morgan fingerprint density at radius 3 is 2.79 bits per heavy atom. The largest absolute Gasteiger partial charge is 0.375 e. The second-order valence-electron chi connectivity index (χ2n) is 4.91. The highest BCUT2D eigenvalue weighted by Gasteiger charge is 2.50. The van der Waals surface area contributed by atoms with Crippen molar-refractivity contribution in [2.24, 2.45) is 0 Å². The first-order valence-corrected chi connectivity index (χ1v) is 6.16. The number of carbonyl (C=O) groups excluding carboxylic acids is 2. The molecular weight excluding hydrogens is 242 g/mol. The van der Waals surface area contributed by atoms with Crippen molar-refractivity contribution in [1.82, 2.24) is 0 Å². The van der Waals surface area contributed by atoms with Gasteiger partial charge >= 0.3 is 0 Å². The Balaban J connectivity index is 2.62. The van der Waals surface area contributed by atoms with Crippen molar-refractivity contribution < 1.29 is 14.7 Å². The average molecular weight is 259 g/mol. The van der Waals surface area contributed by atoms with Crippen LogP contribution in [0.15, 0.2) is 30.9 Å². The molecule has 19 heavy (non-hydrogen) atoms. The lowest BCUT2D eigenvalue weighted by Gasteiger charge is -2.21. The number of para-hydroxylation sites is 1.